The lowest BCUT2D eigenvalue weighted by Gasteiger charge is -2.30. The first-order valence-corrected chi connectivity index (χ1v) is 9.24. The van der Waals surface area contributed by atoms with Gasteiger partial charge in [0.25, 0.3) is 5.91 Å². The molecule has 0 aliphatic carbocycles. The highest BCUT2D eigenvalue weighted by Crippen LogP contribution is 2.30. The molecule has 27 heavy (non-hydrogen) atoms. The number of hydrogen-bond donors (Lipinski definition) is 3. The van der Waals surface area contributed by atoms with E-state index >= 15 is 0 Å². The number of halogens is 2. The van der Waals surface area contributed by atoms with Crippen molar-refractivity contribution in [1.82, 2.24) is 15.1 Å². The van der Waals surface area contributed by atoms with Gasteiger partial charge in [-0.3, -0.25) is 14.9 Å². The minimum atomic E-state index is -1.96. The van der Waals surface area contributed by atoms with Gasteiger partial charge in [0.15, 0.2) is 5.60 Å². The van der Waals surface area contributed by atoms with Gasteiger partial charge in [0, 0.05) is 44.5 Å². The second-order valence-electron chi connectivity index (χ2n) is 7.14. The third-order valence-corrected chi connectivity index (χ3v) is 5.51. The topological polar surface area (TPSA) is 93.1 Å². The van der Waals surface area contributed by atoms with Crippen LogP contribution in [0.3, 0.4) is 0 Å². The molecule has 3 rings (SSSR count). The summed E-state index contributed by atoms with van der Waals surface area (Å²) in [5.41, 5.74) is -1.47. The molecule has 2 aliphatic rings. The fourth-order valence-electron chi connectivity index (χ4n) is 3.73. The monoisotopic (exact) mass is 399 g/mol. The molecule has 0 bridgehead atoms. The van der Waals surface area contributed by atoms with Gasteiger partial charge in [0.1, 0.15) is 12.0 Å². The van der Waals surface area contributed by atoms with Crippen LogP contribution in [0.15, 0.2) is 18.2 Å². The Morgan fingerprint density at radius 1 is 1.44 bits per heavy atom. The van der Waals surface area contributed by atoms with Crippen LogP contribution in [0.2, 0.25) is 5.02 Å². The highest BCUT2D eigenvalue weighted by atomic mass is 35.5. The summed E-state index contributed by atoms with van der Waals surface area (Å²) in [6.07, 6.45) is -0.796. The molecule has 2 amide bonds. The number of amides is 2. The zero-order chi connectivity index (χ0) is 19.8. The van der Waals surface area contributed by atoms with Gasteiger partial charge in [0.2, 0.25) is 5.91 Å². The Morgan fingerprint density at radius 2 is 2.19 bits per heavy atom. The van der Waals surface area contributed by atoms with E-state index in [0.717, 1.165) is 0 Å². The number of likely N-dealkylation sites (tertiary alicyclic amines) is 2. The van der Waals surface area contributed by atoms with Crippen molar-refractivity contribution >= 4 is 23.4 Å². The lowest BCUT2D eigenvalue weighted by Crippen LogP contribution is -2.56. The van der Waals surface area contributed by atoms with Gasteiger partial charge in [-0.05, 0) is 30.2 Å². The van der Waals surface area contributed by atoms with E-state index in [2.05, 4.69) is 5.32 Å². The van der Waals surface area contributed by atoms with Crippen molar-refractivity contribution < 1.29 is 24.2 Å². The van der Waals surface area contributed by atoms with Crippen molar-refractivity contribution in [2.75, 3.05) is 19.6 Å². The van der Waals surface area contributed by atoms with E-state index in [1.54, 1.807) is 4.90 Å². The van der Waals surface area contributed by atoms with Crippen LogP contribution in [0.25, 0.3) is 0 Å². The molecule has 2 saturated heterocycles. The van der Waals surface area contributed by atoms with Gasteiger partial charge < -0.3 is 20.0 Å². The number of aliphatic hydroxyl groups excluding tert-OH is 1. The standard InChI is InChI=1S/C18H23ClFN3O4/c1-11(24)22-4-2-15(10-22)23-5-3-18(27,17(23)26)16(25)21-9-12-6-13(19)8-14(20)7-12/h6-8,15-16,21,25,27H,2-5,9-10H2,1H3. The van der Waals surface area contributed by atoms with E-state index < -0.39 is 23.6 Å². The predicted octanol–water partition coefficient (Wildman–Crippen LogP) is 0.471. The summed E-state index contributed by atoms with van der Waals surface area (Å²) < 4.78 is 13.4. The van der Waals surface area contributed by atoms with Crippen molar-refractivity contribution in [3.05, 3.63) is 34.6 Å². The largest absolute Gasteiger partial charge is 0.376 e. The third kappa shape index (κ3) is 4.08. The molecule has 3 N–H and O–H groups in total. The summed E-state index contributed by atoms with van der Waals surface area (Å²) in [6.45, 7) is 2.83. The molecule has 1 aromatic carbocycles. The SMILES string of the molecule is CC(=O)N1CCC(N2CCC(O)(C(O)NCc3cc(F)cc(Cl)c3)C2=O)C1. The van der Waals surface area contributed by atoms with Crippen LogP contribution in [0.4, 0.5) is 4.39 Å². The third-order valence-electron chi connectivity index (χ3n) is 5.29. The van der Waals surface area contributed by atoms with Crippen LogP contribution in [0.1, 0.15) is 25.3 Å². The van der Waals surface area contributed by atoms with Gasteiger partial charge in [0.05, 0.1) is 6.04 Å². The van der Waals surface area contributed by atoms with E-state index in [1.165, 1.54) is 30.0 Å². The Kier molecular flexibility index (Phi) is 5.71. The summed E-state index contributed by atoms with van der Waals surface area (Å²) in [5.74, 6) is -1.11. The molecule has 148 valence electrons. The van der Waals surface area contributed by atoms with Crippen molar-refractivity contribution in [3.8, 4) is 0 Å². The molecule has 0 aromatic heterocycles. The molecule has 3 unspecified atom stereocenters. The molecule has 2 heterocycles. The van der Waals surface area contributed by atoms with E-state index in [9.17, 15) is 24.2 Å². The zero-order valence-corrected chi connectivity index (χ0v) is 15.7. The van der Waals surface area contributed by atoms with Crippen molar-refractivity contribution in [2.45, 2.75) is 44.2 Å². The summed E-state index contributed by atoms with van der Waals surface area (Å²) in [7, 11) is 0. The lowest BCUT2D eigenvalue weighted by atomic mass is 10.00. The average molecular weight is 400 g/mol. The maximum atomic E-state index is 13.4. The number of rotatable bonds is 5. The Hall–Kier alpha value is -1.74. The van der Waals surface area contributed by atoms with Gasteiger partial charge >= 0.3 is 0 Å². The van der Waals surface area contributed by atoms with Gasteiger partial charge in [-0.25, -0.2) is 4.39 Å². The van der Waals surface area contributed by atoms with E-state index in [1.807, 2.05) is 0 Å². The van der Waals surface area contributed by atoms with Crippen LogP contribution in [0.5, 0.6) is 0 Å². The zero-order valence-electron chi connectivity index (χ0n) is 15.0. The number of benzene rings is 1. The molecule has 9 heteroatoms. The number of nitrogens with one attached hydrogen (secondary N) is 1. The molecule has 2 fully saturated rings. The number of carbonyl (C=O) groups is 2. The Labute approximate surface area is 161 Å². The Balaban J connectivity index is 1.62. The van der Waals surface area contributed by atoms with E-state index in [0.29, 0.717) is 31.6 Å². The van der Waals surface area contributed by atoms with E-state index in [-0.39, 0.29) is 29.9 Å². The lowest BCUT2D eigenvalue weighted by molar-refractivity contribution is -0.158. The van der Waals surface area contributed by atoms with Crippen molar-refractivity contribution in [2.24, 2.45) is 0 Å². The molecule has 3 atom stereocenters. The molecular weight excluding hydrogens is 377 g/mol. The number of aliphatic hydroxyl groups is 2. The smallest absolute Gasteiger partial charge is 0.259 e. The number of carbonyl (C=O) groups excluding carboxylic acids is 2. The summed E-state index contributed by atoms with van der Waals surface area (Å²) in [6, 6.07) is 3.79. The van der Waals surface area contributed by atoms with Gasteiger partial charge in [-0.15, -0.1) is 0 Å². The van der Waals surface area contributed by atoms with Crippen molar-refractivity contribution in [1.29, 1.82) is 0 Å². The van der Waals surface area contributed by atoms with Crippen LogP contribution >= 0.6 is 11.6 Å². The summed E-state index contributed by atoms with van der Waals surface area (Å²) in [4.78, 5) is 27.4. The summed E-state index contributed by atoms with van der Waals surface area (Å²) >= 11 is 5.80. The number of hydrogen-bond acceptors (Lipinski definition) is 5. The minimum absolute atomic E-state index is 0.0375. The molecule has 0 radical (unpaired) electrons. The Morgan fingerprint density at radius 3 is 2.81 bits per heavy atom. The van der Waals surface area contributed by atoms with Crippen molar-refractivity contribution in [3.63, 3.8) is 0 Å². The number of nitrogens with zero attached hydrogens (tertiary/aromatic N) is 2. The first-order valence-electron chi connectivity index (χ1n) is 8.86. The van der Waals surface area contributed by atoms with Crippen LogP contribution in [-0.2, 0) is 16.1 Å². The molecule has 2 aliphatic heterocycles. The molecule has 0 saturated carbocycles. The Bertz CT molecular complexity index is 729. The molecule has 7 nitrogen and oxygen atoms in total. The van der Waals surface area contributed by atoms with Gasteiger partial charge in [-0.2, -0.15) is 0 Å². The fourth-order valence-corrected chi connectivity index (χ4v) is 3.97. The maximum absolute atomic E-state index is 13.4. The minimum Gasteiger partial charge on any atom is -0.376 e. The highest BCUT2D eigenvalue weighted by Gasteiger charge is 2.52. The van der Waals surface area contributed by atoms with Crippen LogP contribution in [-0.4, -0.2) is 69.3 Å². The quantitative estimate of drug-likeness (QED) is 0.626. The second-order valence-corrected chi connectivity index (χ2v) is 7.58. The molecule has 1 aromatic rings. The second kappa shape index (κ2) is 7.71. The normalized spacial score (nSPS) is 26.7. The first-order chi connectivity index (χ1) is 12.7. The first kappa shape index (κ1) is 20.0. The fraction of sp³-hybridized carbons (Fsp3) is 0.556. The van der Waals surface area contributed by atoms with E-state index in [4.69, 9.17) is 11.6 Å². The van der Waals surface area contributed by atoms with Gasteiger partial charge in [-0.1, -0.05) is 11.6 Å². The summed E-state index contributed by atoms with van der Waals surface area (Å²) in [5, 5.41) is 24.0. The maximum Gasteiger partial charge on any atom is 0.259 e. The van der Waals surface area contributed by atoms with Crippen LogP contribution in [0, 0.1) is 5.82 Å². The van der Waals surface area contributed by atoms with Crippen LogP contribution < -0.4 is 5.32 Å². The average Bonchev–Trinajstić information content (AvgIpc) is 3.18. The molecular formula is C18H23ClFN3O4. The molecule has 0 spiro atoms. The highest BCUT2D eigenvalue weighted by molar-refractivity contribution is 6.30. The predicted molar refractivity (Wildman–Crippen MR) is 96.2 cm³/mol.